The number of anilines is 1. The molecule has 0 aliphatic rings. The molecule has 3 aromatic rings. The minimum Gasteiger partial charge on any atom is -0.484 e. The van der Waals surface area contributed by atoms with Crippen LogP contribution in [0.15, 0.2) is 69.9 Å². The van der Waals surface area contributed by atoms with Gasteiger partial charge in [0.15, 0.2) is 6.61 Å². The van der Waals surface area contributed by atoms with Crippen LogP contribution in [0, 0.1) is 0 Å². The van der Waals surface area contributed by atoms with Crippen LogP contribution < -0.4 is 10.1 Å². The number of hydrogen-bond donors (Lipinski definition) is 1. The molecule has 138 valence electrons. The monoisotopic (exact) mass is 429 g/mol. The zero-order valence-corrected chi connectivity index (χ0v) is 16.0. The number of methoxy groups -OCH3 is 1. The van der Waals surface area contributed by atoms with Crippen LogP contribution in [-0.4, -0.2) is 25.6 Å². The van der Waals surface area contributed by atoms with Gasteiger partial charge in [0, 0.05) is 10.0 Å². The van der Waals surface area contributed by atoms with Crippen molar-refractivity contribution in [2.24, 2.45) is 0 Å². The predicted molar refractivity (Wildman–Crippen MR) is 104 cm³/mol. The molecule has 1 heterocycles. The molecule has 7 heteroatoms. The van der Waals surface area contributed by atoms with Crippen LogP contribution in [0.25, 0.3) is 11.1 Å². The fourth-order valence-corrected chi connectivity index (χ4v) is 2.79. The molecule has 0 unspecified atom stereocenters. The van der Waals surface area contributed by atoms with E-state index in [0.29, 0.717) is 15.9 Å². The summed E-state index contributed by atoms with van der Waals surface area (Å²) in [6.45, 7) is -0.203. The molecule has 27 heavy (non-hydrogen) atoms. The second kappa shape index (κ2) is 8.55. The lowest BCUT2D eigenvalue weighted by atomic mass is 10.1. The average Bonchev–Trinajstić information content (AvgIpc) is 3.22. The van der Waals surface area contributed by atoms with Crippen molar-refractivity contribution in [3.8, 4) is 16.9 Å². The number of carbonyl (C=O) groups is 2. The van der Waals surface area contributed by atoms with Crippen LogP contribution in [0.5, 0.6) is 5.75 Å². The number of amides is 1. The highest BCUT2D eigenvalue weighted by atomic mass is 79.9. The first-order valence-electron chi connectivity index (χ1n) is 8.00. The summed E-state index contributed by atoms with van der Waals surface area (Å²) >= 11 is 3.29. The van der Waals surface area contributed by atoms with E-state index in [-0.39, 0.29) is 12.2 Å². The van der Waals surface area contributed by atoms with E-state index < -0.39 is 11.9 Å². The second-order valence-corrected chi connectivity index (χ2v) is 6.47. The number of halogens is 1. The molecule has 3 rings (SSSR count). The highest BCUT2D eigenvalue weighted by Gasteiger charge is 2.15. The summed E-state index contributed by atoms with van der Waals surface area (Å²) in [5.41, 5.74) is 2.44. The Kier molecular flexibility index (Phi) is 5.93. The van der Waals surface area contributed by atoms with Crippen molar-refractivity contribution in [2.45, 2.75) is 0 Å². The van der Waals surface area contributed by atoms with Crippen LogP contribution >= 0.6 is 15.9 Å². The molecule has 6 nitrogen and oxygen atoms in total. The average molecular weight is 430 g/mol. The van der Waals surface area contributed by atoms with Crippen molar-refractivity contribution in [1.29, 1.82) is 0 Å². The van der Waals surface area contributed by atoms with Gasteiger partial charge in [0.1, 0.15) is 5.75 Å². The third-order valence-corrected chi connectivity index (χ3v) is 4.21. The maximum atomic E-state index is 12.2. The summed E-state index contributed by atoms with van der Waals surface area (Å²) in [5, 5.41) is 2.66. The standard InChI is InChI=1S/C20H16BrNO5/c1-25-20(24)17-10-15(21)5-6-18(17)22-19(23)12-27-16-4-2-3-13(9-16)14-7-8-26-11-14/h2-11H,12H2,1H3,(H,22,23). The molecule has 0 aliphatic heterocycles. The van der Waals surface area contributed by atoms with E-state index in [1.54, 1.807) is 36.8 Å². The summed E-state index contributed by atoms with van der Waals surface area (Å²) in [4.78, 5) is 24.1. The molecule has 0 spiro atoms. The molecule has 0 atom stereocenters. The Labute approximate surface area is 164 Å². The van der Waals surface area contributed by atoms with Gasteiger partial charge in [0.05, 0.1) is 30.9 Å². The minimum atomic E-state index is -0.541. The van der Waals surface area contributed by atoms with Gasteiger partial charge in [0.25, 0.3) is 5.91 Å². The maximum absolute atomic E-state index is 12.2. The lowest BCUT2D eigenvalue weighted by Crippen LogP contribution is -2.21. The Balaban J connectivity index is 1.66. The van der Waals surface area contributed by atoms with E-state index in [1.807, 2.05) is 24.3 Å². The van der Waals surface area contributed by atoms with Gasteiger partial charge in [-0.25, -0.2) is 4.79 Å². The molecule has 0 radical (unpaired) electrons. The van der Waals surface area contributed by atoms with E-state index in [0.717, 1.165) is 11.1 Å². The molecular formula is C20H16BrNO5. The summed E-state index contributed by atoms with van der Waals surface area (Å²) in [6, 6.07) is 14.1. The van der Waals surface area contributed by atoms with E-state index in [1.165, 1.54) is 7.11 Å². The van der Waals surface area contributed by atoms with Crippen LogP contribution in [0.1, 0.15) is 10.4 Å². The van der Waals surface area contributed by atoms with Gasteiger partial charge >= 0.3 is 5.97 Å². The van der Waals surface area contributed by atoms with Gasteiger partial charge < -0.3 is 19.2 Å². The highest BCUT2D eigenvalue weighted by Crippen LogP contribution is 2.25. The molecule has 0 fully saturated rings. The molecule has 0 saturated heterocycles. The highest BCUT2D eigenvalue weighted by molar-refractivity contribution is 9.10. The first-order valence-corrected chi connectivity index (χ1v) is 8.79. The topological polar surface area (TPSA) is 77.8 Å². The summed E-state index contributed by atoms with van der Waals surface area (Å²) in [5.74, 6) is -0.385. The van der Waals surface area contributed by atoms with Gasteiger partial charge in [-0.05, 0) is 42.0 Å². The number of benzene rings is 2. The molecule has 0 saturated carbocycles. The number of nitrogens with one attached hydrogen (secondary N) is 1. The Hall–Kier alpha value is -3.06. The smallest absolute Gasteiger partial charge is 0.340 e. The van der Waals surface area contributed by atoms with E-state index in [2.05, 4.69) is 21.2 Å². The molecule has 0 bridgehead atoms. The Morgan fingerprint density at radius 3 is 2.70 bits per heavy atom. The van der Waals surface area contributed by atoms with E-state index in [4.69, 9.17) is 13.9 Å². The lowest BCUT2D eigenvalue weighted by Gasteiger charge is -2.11. The fourth-order valence-electron chi connectivity index (χ4n) is 2.43. The number of rotatable bonds is 6. The van der Waals surface area contributed by atoms with E-state index in [9.17, 15) is 9.59 Å². The molecule has 1 amide bonds. The predicted octanol–water partition coefficient (Wildman–Crippen LogP) is 4.51. The number of carbonyl (C=O) groups excluding carboxylic acids is 2. The summed E-state index contributed by atoms with van der Waals surface area (Å²) < 4.78 is 16.1. The molecule has 0 aliphatic carbocycles. The van der Waals surface area contributed by atoms with E-state index >= 15 is 0 Å². The zero-order valence-electron chi connectivity index (χ0n) is 14.4. The Bertz CT molecular complexity index is 953. The van der Waals surface area contributed by atoms with Crippen molar-refractivity contribution in [3.05, 3.63) is 71.1 Å². The van der Waals surface area contributed by atoms with Crippen molar-refractivity contribution in [3.63, 3.8) is 0 Å². The molecular weight excluding hydrogens is 414 g/mol. The number of furan rings is 1. The Morgan fingerprint density at radius 1 is 1.11 bits per heavy atom. The Morgan fingerprint density at radius 2 is 1.96 bits per heavy atom. The number of hydrogen-bond acceptors (Lipinski definition) is 5. The van der Waals surface area contributed by atoms with Crippen LogP contribution in [0.4, 0.5) is 5.69 Å². The van der Waals surface area contributed by atoms with Crippen molar-refractivity contribution in [2.75, 3.05) is 19.0 Å². The third-order valence-electron chi connectivity index (χ3n) is 3.72. The molecule has 2 aromatic carbocycles. The molecule has 1 aromatic heterocycles. The zero-order chi connectivity index (χ0) is 19.2. The van der Waals surface area contributed by atoms with Crippen molar-refractivity contribution in [1.82, 2.24) is 0 Å². The first kappa shape index (κ1) is 18.7. The van der Waals surface area contributed by atoms with Crippen LogP contribution in [0.2, 0.25) is 0 Å². The van der Waals surface area contributed by atoms with Crippen LogP contribution in [0.3, 0.4) is 0 Å². The van der Waals surface area contributed by atoms with Gasteiger partial charge in [-0.1, -0.05) is 28.1 Å². The maximum Gasteiger partial charge on any atom is 0.340 e. The van der Waals surface area contributed by atoms with Crippen molar-refractivity contribution < 1.29 is 23.5 Å². The lowest BCUT2D eigenvalue weighted by molar-refractivity contribution is -0.118. The van der Waals surface area contributed by atoms with Gasteiger partial charge in [-0.3, -0.25) is 4.79 Å². The van der Waals surface area contributed by atoms with Crippen molar-refractivity contribution >= 4 is 33.5 Å². The second-order valence-electron chi connectivity index (χ2n) is 5.56. The van der Waals surface area contributed by atoms with Gasteiger partial charge in [-0.2, -0.15) is 0 Å². The number of ether oxygens (including phenoxy) is 2. The largest absolute Gasteiger partial charge is 0.484 e. The van der Waals surface area contributed by atoms with Gasteiger partial charge in [0.2, 0.25) is 0 Å². The third kappa shape index (κ3) is 4.77. The molecule has 1 N–H and O–H groups in total. The van der Waals surface area contributed by atoms with Crippen LogP contribution in [-0.2, 0) is 9.53 Å². The minimum absolute atomic E-state index is 0.203. The summed E-state index contributed by atoms with van der Waals surface area (Å²) in [7, 11) is 1.28. The normalized spacial score (nSPS) is 10.3. The first-order chi connectivity index (χ1) is 13.1. The number of esters is 1. The van der Waals surface area contributed by atoms with Gasteiger partial charge in [-0.15, -0.1) is 0 Å². The fraction of sp³-hybridized carbons (Fsp3) is 0.100. The summed E-state index contributed by atoms with van der Waals surface area (Å²) in [6.07, 6.45) is 3.22. The quantitative estimate of drug-likeness (QED) is 0.583. The SMILES string of the molecule is COC(=O)c1cc(Br)ccc1NC(=O)COc1cccc(-c2ccoc2)c1.